The first-order valence-corrected chi connectivity index (χ1v) is 9.38. The average Bonchev–Trinajstić information content (AvgIpc) is 2.70. The molecule has 2 N–H and O–H groups in total. The molecule has 0 atom stereocenters. The molecule has 0 fully saturated rings. The number of amides is 2. The molecular weight excluding hydrogens is 418 g/mol. The Morgan fingerprint density at radius 2 is 1.46 bits per heavy atom. The molecule has 0 heterocycles. The summed E-state index contributed by atoms with van der Waals surface area (Å²) in [6, 6.07) is 21.5. The Morgan fingerprint density at radius 1 is 0.857 bits per heavy atom. The van der Waals surface area contributed by atoms with Gasteiger partial charge in [0.15, 0.2) is 0 Å². The van der Waals surface area contributed by atoms with Gasteiger partial charge in [0.1, 0.15) is 0 Å². The molecule has 0 aliphatic rings. The Hall–Kier alpha value is -3.25. The van der Waals surface area contributed by atoms with Gasteiger partial charge in [0, 0.05) is 21.3 Å². The first-order chi connectivity index (χ1) is 13.5. The summed E-state index contributed by atoms with van der Waals surface area (Å²) in [5.74, 6) is -0.539. The van der Waals surface area contributed by atoms with Gasteiger partial charge in [-0.05, 0) is 66.6 Å². The number of benzene rings is 3. The van der Waals surface area contributed by atoms with E-state index in [1.807, 2.05) is 31.2 Å². The lowest BCUT2D eigenvalue weighted by Gasteiger charge is -2.06. The van der Waals surface area contributed by atoms with Gasteiger partial charge in [-0.2, -0.15) is 5.10 Å². The summed E-state index contributed by atoms with van der Waals surface area (Å²) < 4.78 is 0.907. The van der Waals surface area contributed by atoms with Crippen LogP contribution in [0.3, 0.4) is 0 Å². The average molecular weight is 436 g/mol. The third-order valence-corrected chi connectivity index (χ3v) is 4.60. The van der Waals surface area contributed by atoms with Gasteiger partial charge in [0.2, 0.25) is 0 Å². The standard InChI is InChI=1S/C22H18BrN3O2/c1-15-4-2-3-5-18(15)14-24-26-22(28)17-8-12-20(13-9-17)25-21(27)16-6-10-19(23)11-7-16/h2-14H,1H3,(H,25,27)(H,26,28). The summed E-state index contributed by atoms with van der Waals surface area (Å²) in [7, 11) is 0. The first-order valence-electron chi connectivity index (χ1n) is 8.59. The molecule has 0 aromatic heterocycles. The van der Waals surface area contributed by atoms with Crippen molar-refractivity contribution in [1.29, 1.82) is 0 Å². The third kappa shape index (κ3) is 5.14. The van der Waals surface area contributed by atoms with Crippen LogP contribution >= 0.6 is 15.9 Å². The quantitative estimate of drug-likeness (QED) is 0.447. The number of hydrazone groups is 1. The number of aryl methyl sites for hydroxylation is 1. The molecule has 3 aromatic rings. The van der Waals surface area contributed by atoms with E-state index in [2.05, 4.69) is 31.8 Å². The highest BCUT2D eigenvalue weighted by Crippen LogP contribution is 2.14. The van der Waals surface area contributed by atoms with Crippen molar-refractivity contribution in [2.45, 2.75) is 6.92 Å². The van der Waals surface area contributed by atoms with Crippen molar-refractivity contribution in [3.8, 4) is 0 Å². The van der Waals surface area contributed by atoms with E-state index in [-0.39, 0.29) is 11.8 Å². The van der Waals surface area contributed by atoms with Gasteiger partial charge >= 0.3 is 0 Å². The Bertz CT molecular complexity index is 1010. The molecule has 5 nitrogen and oxygen atoms in total. The minimum Gasteiger partial charge on any atom is -0.322 e. The predicted molar refractivity (Wildman–Crippen MR) is 115 cm³/mol. The Balaban J connectivity index is 1.59. The normalized spacial score (nSPS) is 10.6. The summed E-state index contributed by atoms with van der Waals surface area (Å²) in [5.41, 5.74) is 6.12. The predicted octanol–water partition coefficient (Wildman–Crippen LogP) is 4.77. The lowest BCUT2D eigenvalue weighted by Crippen LogP contribution is -2.18. The topological polar surface area (TPSA) is 70.6 Å². The molecule has 0 saturated carbocycles. The maximum absolute atomic E-state index is 12.2. The largest absolute Gasteiger partial charge is 0.322 e. The molecule has 28 heavy (non-hydrogen) atoms. The van der Waals surface area contributed by atoms with Gasteiger partial charge in [-0.1, -0.05) is 40.2 Å². The molecule has 3 rings (SSSR count). The highest BCUT2D eigenvalue weighted by Gasteiger charge is 2.08. The van der Waals surface area contributed by atoms with Crippen molar-refractivity contribution < 1.29 is 9.59 Å². The molecule has 0 aliphatic heterocycles. The van der Waals surface area contributed by atoms with Gasteiger partial charge < -0.3 is 5.32 Å². The second-order valence-corrected chi connectivity index (χ2v) is 7.01. The minimum absolute atomic E-state index is 0.215. The maximum atomic E-state index is 12.2. The number of rotatable bonds is 5. The summed E-state index contributed by atoms with van der Waals surface area (Å²) in [6.45, 7) is 1.98. The van der Waals surface area contributed by atoms with Crippen LogP contribution in [0.1, 0.15) is 31.8 Å². The van der Waals surface area contributed by atoms with E-state index in [1.165, 1.54) is 0 Å². The number of halogens is 1. The van der Waals surface area contributed by atoms with Crippen LogP contribution in [0, 0.1) is 6.92 Å². The van der Waals surface area contributed by atoms with Crippen molar-refractivity contribution in [2.24, 2.45) is 5.10 Å². The zero-order valence-corrected chi connectivity index (χ0v) is 16.7. The van der Waals surface area contributed by atoms with Gasteiger partial charge in [0.05, 0.1) is 6.21 Å². The van der Waals surface area contributed by atoms with Gasteiger partial charge in [-0.3, -0.25) is 9.59 Å². The fourth-order valence-electron chi connectivity index (χ4n) is 2.47. The molecule has 0 spiro atoms. The fraction of sp³-hybridized carbons (Fsp3) is 0.0455. The van der Waals surface area contributed by atoms with Crippen molar-refractivity contribution in [3.63, 3.8) is 0 Å². The molecule has 0 aliphatic carbocycles. The van der Waals surface area contributed by atoms with Crippen molar-refractivity contribution >= 4 is 39.6 Å². The Labute approximate surface area is 171 Å². The van der Waals surface area contributed by atoms with E-state index in [9.17, 15) is 9.59 Å². The molecule has 140 valence electrons. The van der Waals surface area contributed by atoms with Crippen LogP contribution in [0.25, 0.3) is 0 Å². The fourth-order valence-corrected chi connectivity index (χ4v) is 2.73. The minimum atomic E-state index is -0.323. The maximum Gasteiger partial charge on any atom is 0.271 e. The zero-order chi connectivity index (χ0) is 19.9. The van der Waals surface area contributed by atoms with Crippen LogP contribution in [0.4, 0.5) is 5.69 Å². The number of nitrogens with one attached hydrogen (secondary N) is 2. The van der Waals surface area contributed by atoms with Crippen LogP contribution < -0.4 is 10.7 Å². The van der Waals surface area contributed by atoms with E-state index in [1.54, 1.807) is 54.7 Å². The van der Waals surface area contributed by atoms with Crippen LogP contribution in [0.2, 0.25) is 0 Å². The summed E-state index contributed by atoms with van der Waals surface area (Å²) in [6.07, 6.45) is 1.61. The number of carbonyl (C=O) groups is 2. The van der Waals surface area contributed by atoms with Gasteiger partial charge in [-0.15, -0.1) is 0 Å². The molecule has 3 aromatic carbocycles. The van der Waals surface area contributed by atoms with Gasteiger partial charge in [-0.25, -0.2) is 5.43 Å². The second kappa shape index (κ2) is 9.10. The number of hydrogen-bond acceptors (Lipinski definition) is 3. The number of carbonyl (C=O) groups excluding carboxylic acids is 2. The van der Waals surface area contributed by atoms with Crippen molar-refractivity contribution in [1.82, 2.24) is 5.43 Å². The molecule has 0 bridgehead atoms. The molecular formula is C22H18BrN3O2. The molecule has 0 saturated heterocycles. The Kier molecular flexibility index (Phi) is 6.34. The van der Waals surface area contributed by atoms with Crippen LogP contribution in [-0.2, 0) is 0 Å². The number of hydrogen-bond donors (Lipinski definition) is 2. The van der Waals surface area contributed by atoms with E-state index < -0.39 is 0 Å². The van der Waals surface area contributed by atoms with Gasteiger partial charge in [0.25, 0.3) is 11.8 Å². The summed E-state index contributed by atoms with van der Waals surface area (Å²) in [5, 5.41) is 6.80. The molecule has 2 amide bonds. The SMILES string of the molecule is Cc1ccccc1C=NNC(=O)c1ccc(NC(=O)c2ccc(Br)cc2)cc1. The van der Waals surface area contributed by atoms with E-state index in [0.29, 0.717) is 16.8 Å². The highest BCUT2D eigenvalue weighted by molar-refractivity contribution is 9.10. The molecule has 0 unspecified atom stereocenters. The van der Waals surface area contributed by atoms with Crippen LogP contribution in [0.15, 0.2) is 82.4 Å². The smallest absolute Gasteiger partial charge is 0.271 e. The zero-order valence-electron chi connectivity index (χ0n) is 15.1. The van der Waals surface area contributed by atoms with E-state index in [0.717, 1.165) is 15.6 Å². The number of nitrogens with zero attached hydrogens (tertiary/aromatic N) is 1. The third-order valence-electron chi connectivity index (χ3n) is 4.07. The number of anilines is 1. The first kappa shape index (κ1) is 19.5. The summed E-state index contributed by atoms with van der Waals surface area (Å²) >= 11 is 3.34. The lowest BCUT2D eigenvalue weighted by molar-refractivity contribution is 0.0954. The lowest BCUT2D eigenvalue weighted by atomic mass is 10.1. The second-order valence-electron chi connectivity index (χ2n) is 6.09. The highest BCUT2D eigenvalue weighted by atomic mass is 79.9. The molecule has 0 radical (unpaired) electrons. The van der Waals surface area contributed by atoms with Crippen LogP contribution in [-0.4, -0.2) is 18.0 Å². The van der Waals surface area contributed by atoms with Crippen LogP contribution in [0.5, 0.6) is 0 Å². The Morgan fingerprint density at radius 3 is 2.14 bits per heavy atom. The van der Waals surface area contributed by atoms with Crippen molar-refractivity contribution in [3.05, 3.63) is 99.5 Å². The van der Waals surface area contributed by atoms with E-state index in [4.69, 9.17) is 0 Å². The molecule has 6 heteroatoms. The summed E-state index contributed by atoms with van der Waals surface area (Å²) in [4.78, 5) is 24.4. The monoisotopic (exact) mass is 435 g/mol. The van der Waals surface area contributed by atoms with E-state index >= 15 is 0 Å². The van der Waals surface area contributed by atoms with Crippen molar-refractivity contribution in [2.75, 3.05) is 5.32 Å².